The van der Waals surface area contributed by atoms with Crippen molar-refractivity contribution in [2.24, 2.45) is 0 Å². The Hall–Kier alpha value is -1.28. The zero-order valence-electron chi connectivity index (χ0n) is 8.22. The molecule has 0 aromatic heterocycles. The summed E-state index contributed by atoms with van der Waals surface area (Å²) in [4.78, 5) is 0. The van der Waals surface area contributed by atoms with Crippen LogP contribution in [0.1, 0.15) is 5.56 Å². The van der Waals surface area contributed by atoms with Gasteiger partial charge >= 0.3 is 0 Å². The van der Waals surface area contributed by atoms with E-state index in [1.165, 1.54) is 5.56 Å². The number of nitrogens with one attached hydrogen (secondary N) is 2. The Labute approximate surface area is 79.7 Å². The molecular weight excluding hydrogens is 160 g/mol. The van der Waals surface area contributed by atoms with Crippen LogP contribution in [0.2, 0.25) is 0 Å². The van der Waals surface area contributed by atoms with Crippen LogP contribution in [0.3, 0.4) is 0 Å². The molecule has 0 radical (unpaired) electrons. The number of rotatable bonds is 4. The molecule has 0 spiro atoms. The van der Waals surface area contributed by atoms with Crippen molar-refractivity contribution < 1.29 is 0 Å². The Balaban J connectivity index is 2.63. The first kappa shape index (κ1) is 9.81. The fourth-order valence-electron chi connectivity index (χ4n) is 1.16. The van der Waals surface area contributed by atoms with Crippen LogP contribution < -0.4 is 10.6 Å². The van der Waals surface area contributed by atoms with Gasteiger partial charge in [-0.15, -0.1) is 0 Å². The third-order valence-electron chi connectivity index (χ3n) is 1.85. The van der Waals surface area contributed by atoms with Crippen LogP contribution in [0.25, 0.3) is 0 Å². The Morgan fingerprint density at radius 3 is 2.69 bits per heavy atom. The van der Waals surface area contributed by atoms with Crippen LogP contribution in [0.5, 0.6) is 0 Å². The molecule has 70 valence electrons. The molecule has 2 nitrogen and oxygen atoms in total. The number of benzene rings is 1. The van der Waals surface area contributed by atoms with Gasteiger partial charge in [-0.3, -0.25) is 0 Å². The minimum atomic E-state index is 0.786. The maximum atomic E-state index is 3.91. The van der Waals surface area contributed by atoms with Gasteiger partial charge in [0.2, 0.25) is 0 Å². The molecule has 0 aliphatic rings. The van der Waals surface area contributed by atoms with Crippen molar-refractivity contribution in [3.8, 4) is 0 Å². The van der Waals surface area contributed by atoms with E-state index in [1.54, 1.807) is 0 Å². The van der Waals surface area contributed by atoms with E-state index in [1.807, 2.05) is 19.2 Å². The minimum absolute atomic E-state index is 0.786. The van der Waals surface area contributed by atoms with E-state index in [0.717, 1.165) is 17.9 Å². The lowest BCUT2D eigenvalue weighted by Crippen LogP contribution is -2.15. The van der Waals surface area contributed by atoms with Gasteiger partial charge in [-0.05, 0) is 25.6 Å². The summed E-state index contributed by atoms with van der Waals surface area (Å²) < 4.78 is 0. The van der Waals surface area contributed by atoms with Gasteiger partial charge < -0.3 is 10.6 Å². The summed E-state index contributed by atoms with van der Waals surface area (Å²) in [6, 6.07) is 8.18. The number of hydrogen-bond donors (Lipinski definition) is 2. The fraction of sp³-hybridized carbons (Fsp3) is 0.273. The van der Waals surface area contributed by atoms with E-state index in [9.17, 15) is 0 Å². The maximum Gasteiger partial charge on any atom is 0.0411 e. The topological polar surface area (TPSA) is 24.1 Å². The number of aryl methyl sites for hydroxylation is 1. The Bertz CT molecular complexity index is 292. The normalized spacial score (nSPS) is 9.69. The largest absolute Gasteiger partial charge is 0.358 e. The molecule has 0 unspecified atom stereocenters. The fourth-order valence-corrected chi connectivity index (χ4v) is 1.16. The van der Waals surface area contributed by atoms with Crippen LogP contribution in [0.4, 0.5) is 5.69 Å². The van der Waals surface area contributed by atoms with E-state index in [4.69, 9.17) is 0 Å². The van der Waals surface area contributed by atoms with E-state index < -0.39 is 0 Å². The molecule has 0 bridgehead atoms. The summed E-state index contributed by atoms with van der Waals surface area (Å²) in [5.41, 5.74) is 3.35. The molecule has 1 aromatic carbocycles. The van der Waals surface area contributed by atoms with E-state index in [2.05, 4.69) is 36.3 Å². The summed E-state index contributed by atoms with van der Waals surface area (Å²) >= 11 is 0. The highest BCUT2D eigenvalue weighted by atomic mass is 14.9. The predicted molar refractivity (Wildman–Crippen MR) is 57.9 cm³/mol. The van der Waals surface area contributed by atoms with Gasteiger partial charge in [-0.25, -0.2) is 0 Å². The predicted octanol–water partition coefficient (Wildman–Crippen LogP) is 2.14. The summed E-state index contributed by atoms with van der Waals surface area (Å²) in [6.45, 7) is 6.77. The summed E-state index contributed by atoms with van der Waals surface area (Å²) in [7, 11) is 1.91. The standard InChI is InChI=1S/C11H16N2/c1-9-6-4-5-7-11(9)13-10(2)8-12-3/h4-7,12-13H,2,8H2,1,3H3. The molecule has 0 atom stereocenters. The SMILES string of the molecule is C=C(CNC)Nc1ccccc1C. The Morgan fingerprint density at radius 1 is 1.38 bits per heavy atom. The van der Waals surface area contributed by atoms with E-state index in [-0.39, 0.29) is 0 Å². The van der Waals surface area contributed by atoms with Crippen molar-refractivity contribution >= 4 is 5.69 Å². The van der Waals surface area contributed by atoms with Gasteiger partial charge in [0.25, 0.3) is 0 Å². The first-order valence-electron chi connectivity index (χ1n) is 4.39. The zero-order chi connectivity index (χ0) is 9.68. The average molecular weight is 176 g/mol. The molecule has 0 amide bonds. The maximum absolute atomic E-state index is 3.91. The van der Waals surface area contributed by atoms with Gasteiger partial charge in [0, 0.05) is 17.9 Å². The zero-order valence-corrected chi connectivity index (χ0v) is 8.22. The average Bonchev–Trinajstić information content (AvgIpc) is 2.09. The lowest BCUT2D eigenvalue weighted by atomic mass is 10.2. The Morgan fingerprint density at radius 2 is 2.08 bits per heavy atom. The van der Waals surface area contributed by atoms with Gasteiger partial charge in [0.1, 0.15) is 0 Å². The monoisotopic (exact) mass is 176 g/mol. The molecule has 1 aromatic rings. The van der Waals surface area contributed by atoms with Gasteiger partial charge in [-0.1, -0.05) is 24.8 Å². The highest BCUT2D eigenvalue weighted by Gasteiger charge is 1.96. The first-order chi connectivity index (χ1) is 6.24. The molecule has 0 saturated carbocycles. The van der Waals surface area contributed by atoms with Crippen molar-refractivity contribution in [2.45, 2.75) is 6.92 Å². The molecule has 0 aliphatic carbocycles. The second kappa shape index (κ2) is 4.67. The first-order valence-corrected chi connectivity index (χ1v) is 4.39. The quantitative estimate of drug-likeness (QED) is 0.734. The second-order valence-electron chi connectivity index (χ2n) is 3.07. The second-order valence-corrected chi connectivity index (χ2v) is 3.07. The Kier molecular flexibility index (Phi) is 3.53. The van der Waals surface area contributed by atoms with E-state index in [0.29, 0.717) is 0 Å². The highest BCUT2D eigenvalue weighted by Crippen LogP contribution is 2.14. The van der Waals surface area contributed by atoms with Crippen molar-refractivity contribution in [2.75, 3.05) is 18.9 Å². The molecule has 0 aliphatic heterocycles. The third-order valence-corrected chi connectivity index (χ3v) is 1.85. The molecule has 2 N–H and O–H groups in total. The molecule has 0 fully saturated rings. The highest BCUT2D eigenvalue weighted by molar-refractivity contribution is 5.53. The van der Waals surface area contributed by atoms with Crippen molar-refractivity contribution in [3.05, 3.63) is 42.1 Å². The van der Waals surface area contributed by atoms with Gasteiger partial charge in [0.05, 0.1) is 0 Å². The van der Waals surface area contributed by atoms with Gasteiger partial charge in [0.15, 0.2) is 0 Å². The van der Waals surface area contributed by atoms with Crippen molar-refractivity contribution in [1.29, 1.82) is 0 Å². The molecule has 0 heterocycles. The lowest BCUT2D eigenvalue weighted by molar-refractivity contribution is 0.886. The van der Waals surface area contributed by atoms with Crippen molar-refractivity contribution in [3.63, 3.8) is 0 Å². The minimum Gasteiger partial charge on any atom is -0.358 e. The van der Waals surface area contributed by atoms with Crippen molar-refractivity contribution in [1.82, 2.24) is 5.32 Å². The van der Waals surface area contributed by atoms with Crippen LogP contribution in [0, 0.1) is 6.92 Å². The number of para-hydroxylation sites is 1. The van der Waals surface area contributed by atoms with Crippen LogP contribution in [-0.4, -0.2) is 13.6 Å². The van der Waals surface area contributed by atoms with Gasteiger partial charge in [-0.2, -0.15) is 0 Å². The third kappa shape index (κ3) is 2.92. The lowest BCUT2D eigenvalue weighted by Gasteiger charge is -2.10. The number of likely N-dealkylation sites (N-methyl/N-ethyl adjacent to an activating group) is 1. The molecule has 2 heteroatoms. The molecule has 13 heavy (non-hydrogen) atoms. The van der Waals surface area contributed by atoms with Crippen LogP contribution in [-0.2, 0) is 0 Å². The summed E-state index contributed by atoms with van der Waals surface area (Å²) in [5.74, 6) is 0. The number of hydrogen-bond acceptors (Lipinski definition) is 2. The van der Waals surface area contributed by atoms with Crippen LogP contribution >= 0.6 is 0 Å². The molecular formula is C11H16N2. The summed E-state index contributed by atoms with van der Waals surface area (Å²) in [6.07, 6.45) is 0. The van der Waals surface area contributed by atoms with E-state index >= 15 is 0 Å². The summed E-state index contributed by atoms with van der Waals surface area (Å²) in [5, 5.41) is 6.30. The smallest absolute Gasteiger partial charge is 0.0411 e. The molecule has 0 saturated heterocycles. The molecule has 1 rings (SSSR count). The van der Waals surface area contributed by atoms with Crippen LogP contribution in [0.15, 0.2) is 36.5 Å². The number of anilines is 1.